The van der Waals surface area contributed by atoms with E-state index in [2.05, 4.69) is 0 Å². The molecule has 0 aliphatic rings. The Morgan fingerprint density at radius 2 is 1.80 bits per heavy atom. The number of halogens is 1. The molecule has 132 valence electrons. The van der Waals surface area contributed by atoms with Gasteiger partial charge in [0.15, 0.2) is 6.10 Å². The minimum atomic E-state index is -0.950. The second-order valence-electron chi connectivity index (χ2n) is 5.21. The Hall–Kier alpha value is -2.53. The molecule has 0 bridgehead atoms. The quantitative estimate of drug-likeness (QED) is 0.546. The molecular formula is C19H19ClO5. The molecule has 2 aromatic rings. The van der Waals surface area contributed by atoms with Crippen LogP contribution in [0.3, 0.4) is 0 Å². The van der Waals surface area contributed by atoms with Crippen LogP contribution >= 0.6 is 11.6 Å². The largest absolute Gasteiger partial charge is 0.496 e. The maximum absolute atomic E-state index is 12.4. The third-order valence-corrected chi connectivity index (χ3v) is 3.72. The fourth-order valence-corrected chi connectivity index (χ4v) is 2.41. The van der Waals surface area contributed by atoms with Crippen molar-refractivity contribution in [3.05, 3.63) is 58.6 Å². The van der Waals surface area contributed by atoms with E-state index in [-0.39, 0.29) is 11.3 Å². The number of carbonyl (C=O) groups excluding carboxylic acids is 2. The molecule has 2 aromatic carbocycles. The van der Waals surface area contributed by atoms with Gasteiger partial charge in [-0.1, -0.05) is 11.6 Å². The van der Waals surface area contributed by atoms with Crippen molar-refractivity contribution in [2.45, 2.75) is 20.0 Å². The van der Waals surface area contributed by atoms with Crippen LogP contribution in [0.5, 0.6) is 11.5 Å². The highest BCUT2D eigenvalue weighted by molar-refractivity contribution is 6.31. The second kappa shape index (κ2) is 8.53. The predicted octanol–water partition coefficient (Wildman–Crippen LogP) is 4.18. The fourth-order valence-electron chi connectivity index (χ4n) is 2.23. The SMILES string of the molecule is CCOc1ccc(C(=O)[C@@H](C)OC(=O)c2cc(Cl)ccc2OC)cc1. The van der Waals surface area contributed by atoms with Crippen molar-refractivity contribution in [1.82, 2.24) is 0 Å². The molecule has 0 aliphatic heterocycles. The molecule has 6 heteroatoms. The number of Topliss-reactive ketones (excluding diaryl/α,β-unsaturated/α-hetero) is 1. The number of hydrogen-bond donors (Lipinski definition) is 0. The first-order valence-electron chi connectivity index (χ1n) is 7.77. The molecule has 0 N–H and O–H groups in total. The molecule has 1 atom stereocenters. The molecule has 2 rings (SSSR count). The molecule has 0 saturated carbocycles. The molecule has 0 radical (unpaired) electrons. The van der Waals surface area contributed by atoms with E-state index in [1.165, 1.54) is 20.1 Å². The highest BCUT2D eigenvalue weighted by atomic mass is 35.5. The first-order chi connectivity index (χ1) is 12.0. The van der Waals surface area contributed by atoms with Crippen molar-refractivity contribution >= 4 is 23.4 Å². The summed E-state index contributed by atoms with van der Waals surface area (Å²) in [5, 5.41) is 0.373. The molecule has 0 spiro atoms. The summed E-state index contributed by atoms with van der Waals surface area (Å²) in [6, 6.07) is 11.3. The molecule has 0 fully saturated rings. The second-order valence-corrected chi connectivity index (χ2v) is 5.65. The molecule has 0 aliphatic carbocycles. The Morgan fingerprint density at radius 3 is 2.40 bits per heavy atom. The fraction of sp³-hybridized carbons (Fsp3) is 0.263. The molecular weight excluding hydrogens is 344 g/mol. The number of rotatable bonds is 7. The average Bonchev–Trinajstić information content (AvgIpc) is 2.61. The van der Waals surface area contributed by atoms with Crippen molar-refractivity contribution in [3.63, 3.8) is 0 Å². The third-order valence-electron chi connectivity index (χ3n) is 3.48. The minimum absolute atomic E-state index is 0.168. The molecule has 5 nitrogen and oxygen atoms in total. The lowest BCUT2D eigenvalue weighted by atomic mass is 10.1. The molecule has 25 heavy (non-hydrogen) atoms. The van der Waals surface area contributed by atoms with Gasteiger partial charge in [0.1, 0.15) is 17.1 Å². The van der Waals surface area contributed by atoms with Gasteiger partial charge >= 0.3 is 5.97 Å². The van der Waals surface area contributed by atoms with Gasteiger partial charge in [0.25, 0.3) is 0 Å². The summed E-state index contributed by atoms with van der Waals surface area (Å²) in [6.07, 6.45) is -0.950. The van der Waals surface area contributed by atoms with Gasteiger partial charge in [-0.2, -0.15) is 0 Å². The standard InChI is InChI=1S/C19H19ClO5/c1-4-24-15-8-5-13(6-9-15)18(21)12(2)25-19(22)16-11-14(20)7-10-17(16)23-3/h5-12H,4H2,1-3H3/t12-/m1/s1. The molecule has 0 saturated heterocycles. The van der Waals surface area contributed by atoms with Crippen molar-refractivity contribution in [1.29, 1.82) is 0 Å². The van der Waals surface area contributed by atoms with Crippen LogP contribution in [0.25, 0.3) is 0 Å². The monoisotopic (exact) mass is 362 g/mol. The van der Waals surface area contributed by atoms with E-state index in [1.54, 1.807) is 36.4 Å². The summed E-state index contributed by atoms with van der Waals surface area (Å²) >= 11 is 5.91. The minimum Gasteiger partial charge on any atom is -0.496 e. The first-order valence-corrected chi connectivity index (χ1v) is 8.15. The van der Waals surface area contributed by atoms with Gasteiger partial charge in [0.2, 0.25) is 5.78 Å². The van der Waals surface area contributed by atoms with Gasteiger partial charge in [-0.25, -0.2) is 4.79 Å². The highest BCUT2D eigenvalue weighted by Crippen LogP contribution is 2.24. The van der Waals surface area contributed by atoms with Gasteiger partial charge in [-0.3, -0.25) is 4.79 Å². The van der Waals surface area contributed by atoms with E-state index >= 15 is 0 Å². The van der Waals surface area contributed by atoms with Crippen molar-refractivity contribution in [2.75, 3.05) is 13.7 Å². The Balaban J connectivity index is 2.10. The van der Waals surface area contributed by atoms with Crippen LogP contribution in [0, 0.1) is 0 Å². The predicted molar refractivity (Wildman–Crippen MR) is 94.8 cm³/mol. The van der Waals surface area contributed by atoms with E-state index in [4.69, 9.17) is 25.8 Å². The number of esters is 1. The van der Waals surface area contributed by atoms with Gasteiger partial charge in [-0.15, -0.1) is 0 Å². The van der Waals surface area contributed by atoms with E-state index < -0.39 is 12.1 Å². The van der Waals surface area contributed by atoms with E-state index in [0.717, 1.165) is 0 Å². The smallest absolute Gasteiger partial charge is 0.342 e. The van der Waals surface area contributed by atoms with Crippen LogP contribution in [0.4, 0.5) is 0 Å². The lowest BCUT2D eigenvalue weighted by Gasteiger charge is -2.14. The van der Waals surface area contributed by atoms with Crippen LogP contribution in [0.2, 0.25) is 5.02 Å². The zero-order valence-electron chi connectivity index (χ0n) is 14.2. The summed E-state index contributed by atoms with van der Waals surface area (Å²) in [5.41, 5.74) is 0.600. The highest BCUT2D eigenvalue weighted by Gasteiger charge is 2.22. The molecule has 0 aromatic heterocycles. The molecule has 0 amide bonds. The van der Waals surface area contributed by atoms with Crippen molar-refractivity contribution < 1.29 is 23.8 Å². The van der Waals surface area contributed by atoms with E-state index in [1.807, 2.05) is 6.92 Å². The zero-order valence-corrected chi connectivity index (χ0v) is 15.0. The number of carbonyl (C=O) groups is 2. The number of ketones is 1. The Morgan fingerprint density at radius 1 is 1.12 bits per heavy atom. The Kier molecular flexibility index (Phi) is 6.42. The maximum Gasteiger partial charge on any atom is 0.342 e. The maximum atomic E-state index is 12.4. The molecule has 0 heterocycles. The molecule has 0 unspecified atom stereocenters. The van der Waals surface area contributed by atoms with Crippen LogP contribution in [-0.2, 0) is 4.74 Å². The van der Waals surface area contributed by atoms with Gasteiger partial charge in [0.05, 0.1) is 13.7 Å². The van der Waals surface area contributed by atoms with Gasteiger partial charge in [-0.05, 0) is 56.3 Å². The van der Waals surface area contributed by atoms with Crippen LogP contribution in [0.15, 0.2) is 42.5 Å². The first kappa shape index (κ1) is 18.8. The van der Waals surface area contributed by atoms with E-state index in [9.17, 15) is 9.59 Å². The summed E-state index contributed by atoms with van der Waals surface area (Å²) in [5.74, 6) is 0.0195. The number of methoxy groups -OCH3 is 1. The van der Waals surface area contributed by atoms with Crippen LogP contribution in [-0.4, -0.2) is 31.6 Å². The van der Waals surface area contributed by atoms with Crippen molar-refractivity contribution in [2.24, 2.45) is 0 Å². The summed E-state index contributed by atoms with van der Waals surface area (Å²) < 4.78 is 15.7. The lowest BCUT2D eigenvalue weighted by molar-refractivity contribution is 0.0316. The number of benzene rings is 2. The van der Waals surface area contributed by atoms with Crippen LogP contribution in [0.1, 0.15) is 34.6 Å². The average molecular weight is 363 g/mol. The third kappa shape index (κ3) is 4.73. The van der Waals surface area contributed by atoms with Crippen molar-refractivity contribution in [3.8, 4) is 11.5 Å². The zero-order chi connectivity index (χ0) is 18.4. The van der Waals surface area contributed by atoms with Crippen LogP contribution < -0.4 is 9.47 Å². The number of hydrogen-bond acceptors (Lipinski definition) is 5. The normalized spacial score (nSPS) is 11.5. The number of ether oxygens (including phenoxy) is 3. The van der Waals surface area contributed by atoms with E-state index in [0.29, 0.717) is 28.7 Å². The van der Waals surface area contributed by atoms with Gasteiger partial charge in [0, 0.05) is 10.6 Å². The Labute approximate surface area is 151 Å². The Bertz CT molecular complexity index is 755. The summed E-state index contributed by atoms with van der Waals surface area (Å²) in [4.78, 5) is 24.8. The summed E-state index contributed by atoms with van der Waals surface area (Å²) in [7, 11) is 1.44. The topological polar surface area (TPSA) is 61.8 Å². The lowest BCUT2D eigenvalue weighted by Crippen LogP contribution is -2.24. The summed E-state index contributed by atoms with van der Waals surface area (Å²) in [6.45, 7) is 3.95. The van der Waals surface area contributed by atoms with Gasteiger partial charge < -0.3 is 14.2 Å².